The van der Waals surface area contributed by atoms with E-state index in [1.54, 1.807) is 0 Å². The Morgan fingerprint density at radius 1 is 1.19 bits per heavy atom. The lowest BCUT2D eigenvalue weighted by atomic mass is 9.86. The number of hydrogen-bond donors (Lipinski definition) is 1. The van der Waals surface area contributed by atoms with Gasteiger partial charge in [0.25, 0.3) is 0 Å². The SMILES string of the molecule is CC1(NCC2CC3CCC2C3)CCOCC1. The molecule has 2 saturated carbocycles. The van der Waals surface area contributed by atoms with E-state index in [1.807, 2.05) is 0 Å². The zero-order chi connectivity index (χ0) is 11.0. The first-order chi connectivity index (χ1) is 7.75. The Hall–Kier alpha value is -0.0800. The zero-order valence-electron chi connectivity index (χ0n) is 10.5. The van der Waals surface area contributed by atoms with Crippen LogP contribution in [0.2, 0.25) is 0 Å². The van der Waals surface area contributed by atoms with E-state index in [9.17, 15) is 0 Å². The monoisotopic (exact) mass is 223 g/mol. The van der Waals surface area contributed by atoms with Crippen LogP contribution in [-0.2, 0) is 4.74 Å². The van der Waals surface area contributed by atoms with Gasteiger partial charge >= 0.3 is 0 Å². The lowest BCUT2D eigenvalue weighted by molar-refractivity contribution is 0.0426. The van der Waals surface area contributed by atoms with Gasteiger partial charge in [-0.25, -0.2) is 0 Å². The van der Waals surface area contributed by atoms with Gasteiger partial charge < -0.3 is 10.1 Å². The van der Waals surface area contributed by atoms with Crippen LogP contribution in [0.1, 0.15) is 45.4 Å². The topological polar surface area (TPSA) is 21.3 Å². The average Bonchev–Trinajstić information content (AvgIpc) is 2.89. The summed E-state index contributed by atoms with van der Waals surface area (Å²) < 4.78 is 5.45. The smallest absolute Gasteiger partial charge is 0.0483 e. The molecular weight excluding hydrogens is 198 g/mol. The van der Waals surface area contributed by atoms with Crippen LogP contribution >= 0.6 is 0 Å². The molecule has 2 aliphatic carbocycles. The fourth-order valence-corrected chi connectivity index (χ4v) is 4.00. The molecule has 2 nitrogen and oxygen atoms in total. The summed E-state index contributed by atoms with van der Waals surface area (Å²) >= 11 is 0. The predicted octanol–water partition coefficient (Wildman–Crippen LogP) is 2.58. The minimum atomic E-state index is 0.361. The Bertz CT molecular complexity index is 247. The van der Waals surface area contributed by atoms with Crippen molar-refractivity contribution in [2.24, 2.45) is 17.8 Å². The highest BCUT2D eigenvalue weighted by atomic mass is 16.5. The van der Waals surface area contributed by atoms with Gasteiger partial charge in [-0.05, 0) is 63.3 Å². The van der Waals surface area contributed by atoms with Crippen molar-refractivity contribution >= 4 is 0 Å². The molecule has 2 bridgehead atoms. The van der Waals surface area contributed by atoms with Crippen molar-refractivity contribution in [2.75, 3.05) is 19.8 Å². The van der Waals surface area contributed by atoms with E-state index in [-0.39, 0.29) is 0 Å². The van der Waals surface area contributed by atoms with Crippen LogP contribution in [0, 0.1) is 17.8 Å². The molecule has 0 aromatic carbocycles. The van der Waals surface area contributed by atoms with Gasteiger partial charge in [-0.15, -0.1) is 0 Å². The second-order valence-electron chi connectivity index (χ2n) is 6.49. The molecule has 0 radical (unpaired) electrons. The molecule has 3 unspecified atom stereocenters. The predicted molar refractivity (Wildman–Crippen MR) is 65.4 cm³/mol. The maximum atomic E-state index is 5.45. The molecule has 0 aromatic rings. The lowest BCUT2D eigenvalue weighted by Gasteiger charge is -2.36. The van der Waals surface area contributed by atoms with Gasteiger partial charge in [-0.2, -0.15) is 0 Å². The Labute approximate surface area is 99.1 Å². The first-order valence-electron chi connectivity index (χ1n) is 7.08. The third-order valence-corrected chi connectivity index (χ3v) is 5.27. The van der Waals surface area contributed by atoms with Gasteiger partial charge in [0.15, 0.2) is 0 Å². The van der Waals surface area contributed by atoms with Crippen LogP contribution in [0.3, 0.4) is 0 Å². The van der Waals surface area contributed by atoms with Gasteiger partial charge in [-0.1, -0.05) is 6.42 Å². The molecule has 3 atom stereocenters. The summed E-state index contributed by atoms with van der Waals surface area (Å²) in [6.45, 7) is 5.53. The van der Waals surface area contributed by atoms with Crippen molar-refractivity contribution in [2.45, 2.75) is 51.0 Å². The standard InChI is InChI=1S/C14H25NO/c1-14(4-6-16-7-5-14)15-10-13-9-11-2-3-12(13)8-11/h11-13,15H,2-10H2,1H3. The number of nitrogens with one attached hydrogen (secondary N) is 1. The summed E-state index contributed by atoms with van der Waals surface area (Å²) in [6, 6.07) is 0. The molecule has 3 fully saturated rings. The van der Waals surface area contributed by atoms with Crippen molar-refractivity contribution in [1.82, 2.24) is 5.32 Å². The minimum Gasteiger partial charge on any atom is -0.381 e. The molecule has 2 heteroatoms. The normalized spacial score (nSPS) is 41.4. The van der Waals surface area contributed by atoms with E-state index >= 15 is 0 Å². The molecule has 1 N–H and O–H groups in total. The molecule has 1 saturated heterocycles. The highest BCUT2D eigenvalue weighted by molar-refractivity contribution is 4.93. The van der Waals surface area contributed by atoms with Crippen molar-refractivity contribution in [3.8, 4) is 0 Å². The third kappa shape index (κ3) is 2.14. The number of ether oxygens (including phenoxy) is 1. The summed E-state index contributed by atoms with van der Waals surface area (Å²) in [4.78, 5) is 0. The first-order valence-corrected chi connectivity index (χ1v) is 7.08. The van der Waals surface area contributed by atoms with E-state index in [0.717, 1.165) is 31.0 Å². The summed E-state index contributed by atoms with van der Waals surface area (Å²) in [5.41, 5.74) is 0.361. The third-order valence-electron chi connectivity index (χ3n) is 5.27. The van der Waals surface area contributed by atoms with Crippen molar-refractivity contribution in [3.05, 3.63) is 0 Å². The van der Waals surface area contributed by atoms with E-state index in [1.165, 1.54) is 45.1 Å². The van der Waals surface area contributed by atoms with Crippen LogP contribution in [0.25, 0.3) is 0 Å². The molecule has 0 spiro atoms. The van der Waals surface area contributed by atoms with Crippen LogP contribution < -0.4 is 5.32 Å². The maximum absolute atomic E-state index is 5.45. The summed E-state index contributed by atoms with van der Waals surface area (Å²) in [7, 11) is 0. The van der Waals surface area contributed by atoms with Crippen molar-refractivity contribution < 1.29 is 4.74 Å². The maximum Gasteiger partial charge on any atom is 0.0483 e. The highest BCUT2D eigenvalue weighted by Gasteiger charge is 2.40. The average molecular weight is 223 g/mol. The largest absolute Gasteiger partial charge is 0.381 e. The van der Waals surface area contributed by atoms with Crippen LogP contribution in [0.5, 0.6) is 0 Å². The molecular formula is C14H25NO. The van der Waals surface area contributed by atoms with Crippen LogP contribution in [0.4, 0.5) is 0 Å². The summed E-state index contributed by atoms with van der Waals surface area (Å²) in [5.74, 6) is 3.12. The van der Waals surface area contributed by atoms with Crippen molar-refractivity contribution in [1.29, 1.82) is 0 Å². The Morgan fingerprint density at radius 2 is 2.00 bits per heavy atom. The molecule has 1 aliphatic heterocycles. The van der Waals surface area contributed by atoms with Gasteiger partial charge in [0.1, 0.15) is 0 Å². The Kier molecular flexibility index (Phi) is 2.97. The van der Waals surface area contributed by atoms with E-state index in [4.69, 9.17) is 4.74 Å². The van der Waals surface area contributed by atoms with Gasteiger partial charge in [0.05, 0.1) is 0 Å². The number of fused-ring (bicyclic) bond motifs is 2. The highest BCUT2D eigenvalue weighted by Crippen LogP contribution is 2.48. The molecule has 3 aliphatic rings. The van der Waals surface area contributed by atoms with Crippen molar-refractivity contribution in [3.63, 3.8) is 0 Å². The van der Waals surface area contributed by atoms with E-state index in [2.05, 4.69) is 12.2 Å². The molecule has 0 amide bonds. The Balaban J connectivity index is 1.49. The zero-order valence-corrected chi connectivity index (χ0v) is 10.5. The summed E-state index contributed by atoms with van der Waals surface area (Å²) in [5, 5.41) is 3.84. The number of hydrogen-bond acceptors (Lipinski definition) is 2. The van der Waals surface area contributed by atoms with Gasteiger partial charge in [-0.3, -0.25) is 0 Å². The fraction of sp³-hybridized carbons (Fsp3) is 1.00. The molecule has 3 rings (SSSR count). The van der Waals surface area contributed by atoms with E-state index in [0.29, 0.717) is 5.54 Å². The van der Waals surface area contributed by atoms with Crippen LogP contribution in [0.15, 0.2) is 0 Å². The Morgan fingerprint density at radius 3 is 2.62 bits per heavy atom. The molecule has 92 valence electrons. The molecule has 16 heavy (non-hydrogen) atoms. The van der Waals surface area contributed by atoms with Crippen LogP contribution in [-0.4, -0.2) is 25.3 Å². The number of rotatable bonds is 3. The molecule has 1 heterocycles. The van der Waals surface area contributed by atoms with Gasteiger partial charge in [0, 0.05) is 18.8 Å². The molecule has 0 aromatic heterocycles. The second kappa shape index (κ2) is 4.30. The fourth-order valence-electron chi connectivity index (χ4n) is 4.00. The second-order valence-corrected chi connectivity index (χ2v) is 6.49. The van der Waals surface area contributed by atoms with Gasteiger partial charge in [0.2, 0.25) is 0 Å². The lowest BCUT2D eigenvalue weighted by Crippen LogP contribution is -2.48. The minimum absolute atomic E-state index is 0.361. The first kappa shape index (κ1) is 11.0. The quantitative estimate of drug-likeness (QED) is 0.794. The summed E-state index contributed by atoms with van der Waals surface area (Å²) in [6.07, 6.45) is 8.45. The van der Waals surface area contributed by atoms with E-state index < -0.39 is 0 Å².